The fourth-order valence-corrected chi connectivity index (χ4v) is 1.91. The molecule has 0 fully saturated rings. The van der Waals surface area contributed by atoms with Crippen molar-refractivity contribution in [2.24, 2.45) is 5.73 Å². The van der Waals surface area contributed by atoms with Crippen LogP contribution < -0.4 is 5.73 Å². The van der Waals surface area contributed by atoms with Gasteiger partial charge in [0.2, 0.25) is 0 Å². The summed E-state index contributed by atoms with van der Waals surface area (Å²) in [6.07, 6.45) is 9.84. The molecule has 0 heterocycles. The van der Waals surface area contributed by atoms with E-state index in [0.29, 0.717) is 6.42 Å². The van der Waals surface area contributed by atoms with E-state index in [1.54, 1.807) is 0 Å². The van der Waals surface area contributed by atoms with Crippen LogP contribution in [0.2, 0.25) is 0 Å². The van der Waals surface area contributed by atoms with Crippen LogP contribution in [0.15, 0.2) is 0 Å². The van der Waals surface area contributed by atoms with Gasteiger partial charge < -0.3 is 15.9 Å². The van der Waals surface area contributed by atoms with Crippen LogP contribution in [0.5, 0.6) is 0 Å². The summed E-state index contributed by atoms with van der Waals surface area (Å²) in [4.78, 5) is 0. The van der Waals surface area contributed by atoms with E-state index in [-0.39, 0.29) is 0 Å². The molecule has 3 heteroatoms. The lowest BCUT2D eigenvalue weighted by Gasteiger charge is -2.04. The molecule has 0 amide bonds. The topological polar surface area (TPSA) is 66.5 Å². The van der Waals surface area contributed by atoms with Gasteiger partial charge in [-0.1, -0.05) is 57.3 Å². The highest BCUT2D eigenvalue weighted by atomic mass is 16.3. The zero-order chi connectivity index (χ0) is 14.3. The van der Waals surface area contributed by atoms with Crippen LogP contribution in [0.1, 0.15) is 71.1 Å². The predicted octanol–water partition coefficient (Wildman–Crippen LogP) is 2.59. The van der Waals surface area contributed by atoms with Gasteiger partial charge in [0.1, 0.15) is 12.2 Å². The normalized spacial score (nSPS) is 13.7. The smallest absolute Gasteiger partial charge is 0.114 e. The highest BCUT2D eigenvalue weighted by molar-refractivity contribution is 5.08. The Morgan fingerprint density at radius 3 is 1.79 bits per heavy atom. The Labute approximate surface area is 118 Å². The van der Waals surface area contributed by atoms with E-state index in [0.717, 1.165) is 32.2 Å². The minimum atomic E-state index is -0.594. The monoisotopic (exact) mass is 269 g/mol. The minimum absolute atomic E-state index is 0.578. The molecule has 0 rings (SSSR count). The number of nitrogens with two attached hydrogens (primary N) is 1. The Hall–Kier alpha value is -0.560. The van der Waals surface area contributed by atoms with Crippen molar-refractivity contribution in [3.05, 3.63) is 0 Å². The number of unbranched alkanes of at least 4 members (excludes halogenated alkanes) is 7. The third kappa shape index (κ3) is 13.7. The van der Waals surface area contributed by atoms with Gasteiger partial charge in [-0.05, 0) is 32.2 Å². The molecule has 0 aromatic heterocycles. The maximum Gasteiger partial charge on any atom is 0.114 e. The van der Waals surface area contributed by atoms with E-state index >= 15 is 0 Å². The second-order valence-corrected chi connectivity index (χ2v) is 5.13. The average molecular weight is 269 g/mol. The quantitative estimate of drug-likeness (QED) is 0.399. The van der Waals surface area contributed by atoms with Crippen molar-refractivity contribution < 1.29 is 10.2 Å². The van der Waals surface area contributed by atoms with E-state index in [2.05, 4.69) is 11.8 Å². The predicted molar refractivity (Wildman–Crippen MR) is 80.7 cm³/mol. The molecular formula is C16H31NO2. The zero-order valence-corrected chi connectivity index (χ0v) is 12.4. The summed E-state index contributed by atoms with van der Waals surface area (Å²) in [7, 11) is 0. The fraction of sp³-hybridized carbons (Fsp3) is 0.875. The first-order chi connectivity index (χ1) is 9.20. The van der Waals surface area contributed by atoms with Crippen LogP contribution >= 0.6 is 0 Å². The van der Waals surface area contributed by atoms with Crippen molar-refractivity contribution >= 4 is 0 Å². The Morgan fingerprint density at radius 2 is 1.26 bits per heavy atom. The van der Waals surface area contributed by atoms with Gasteiger partial charge in [-0.3, -0.25) is 0 Å². The molecule has 0 aromatic carbocycles. The third-order valence-corrected chi connectivity index (χ3v) is 3.23. The number of hydrogen-bond donors (Lipinski definition) is 3. The van der Waals surface area contributed by atoms with Gasteiger partial charge in [-0.2, -0.15) is 0 Å². The molecular weight excluding hydrogens is 238 g/mol. The van der Waals surface area contributed by atoms with Crippen LogP contribution in [-0.4, -0.2) is 29.0 Å². The van der Waals surface area contributed by atoms with Crippen molar-refractivity contribution in [2.75, 3.05) is 6.54 Å². The van der Waals surface area contributed by atoms with Crippen LogP contribution in [0.3, 0.4) is 0 Å². The molecule has 2 atom stereocenters. The number of aliphatic hydroxyl groups excluding tert-OH is 2. The molecule has 0 aliphatic carbocycles. The van der Waals surface area contributed by atoms with Gasteiger partial charge in [0.25, 0.3) is 0 Å². The molecule has 19 heavy (non-hydrogen) atoms. The van der Waals surface area contributed by atoms with Gasteiger partial charge in [-0.15, -0.1) is 0 Å². The zero-order valence-electron chi connectivity index (χ0n) is 12.4. The molecule has 2 unspecified atom stereocenters. The SMILES string of the molecule is CCC(O)C#CC(O)CCCCCCCCCCN. The average Bonchev–Trinajstić information content (AvgIpc) is 2.42. The summed E-state index contributed by atoms with van der Waals surface area (Å²) < 4.78 is 0. The Bertz CT molecular complexity index is 245. The van der Waals surface area contributed by atoms with Gasteiger partial charge in [0, 0.05) is 0 Å². The summed E-state index contributed by atoms with van der Waals surface area (Å²) in [5.74, 6) is 5.36. The highest BCUT2D eigenvalue weighted by Gasteiger charge is 2.00. The van der Waals surface area contributed by atoms with E-state index in [9.17, 15) is 10.2 Å². The first-order valence-electron chi connectivity index (χ1n) is 7.78. The molecule has 0 saturated carbocycles. The Morgan fingerprint density at radius 1 is 0.789 bits per heavy atom. The lowest BCUT2D eigenvalue weighted by atomic mass is 10.1. The van der Waals surface area contributed by atoms with Crippen LogP contribution in [0.25, 0.3) is 0 Å². The summed E-state index contributed by atoms with van der Waals surface area (Å²) in [6.45, 7) is 2.69. The summed E-state index contributed by atoms with van der Waals surface area (Å²) in [5, 5.41) is 18.8. The van der Waals surface area contributed by atoms with Crippen molar-refractivity contribution in [2.45, 2.75) is 83.3 Å². The fourth-order valence-electron chi connectivity index (χ4n) is 1.91. The third-order valence-electron chi connectivity index (χ3n) is 3.23. The van der Waals surface area contributed by atoms with Gasteiger partial charge in [0.15, 0.2) is 0 Å². The molecule has 0 spiro atoms. The number of aliphatic hydroxyl groups is 2. The lowest BCUT2D eigenvalue weighted by Crippen LogP contribution is -2.06. The van der Waals surface area contributed by atoms with Crippen LogP contribution in [0, 0.1) is 11.8 Å². The molecule has 0 bridgehead atoms. The molecule has 3 nitrogen and oxygen atoms in total. The molecule has 0 aromatic rings. The molecule has 0 radical (unpaired) electrons. The van der Waals surface area contributed by atoms with E-state index in [1.807, 2.05) is 6.92 Å². The van der Waals surface area contributed by atoms with Crippen molar-refractivity contribution in [3.8, 4) is 11.8 Å². The Kier molecular flexibility index (Phi) is 13.5. The molecule has 0 aliphatic heterocycles. The molecule has 112 valence electrons. The maximum absolute atomic E-state index is 9.60. The van der Waals surface area contributed by atoms with Crippen molar-refractivity contribution in [1.29, 1.82) is 0 Å². The molecule has 4 N–H and O–H groups in total. The highest BCUT2D eigenvalue weighted by Crippen LogP contribution is 2.10. The van der Waals surface area contributed by atoms with Crippen LogP contribution in [-0.2, 0) is 0 Å². The minimum Gasteiger partial charge on any atom is -0.380 e. The number of rotatable bonds is 11. The Balaban J connectivity index is 3.31. The lowest BCUT2D eigenvalue weighted by molar-refractivity contribution is 0.211. The standard InChI is InChI=1S/C16H31NO2/c1-2-15(18)12-13-16(19)11-9-7-5-3-4-6-8-10-14-17/h15-16,18-19H,2-11,14,17H2,1H3. The second kappa shape index (κ2) is 13.9. The van der Waals surface area contributed by atoms with Gasteiger partial charge in [-0.25, -0.2) is 0 Å². The summed E-state index contributed by atoms with van der Waals surface area (Å²) >= 11 is 0. The van der Waals surface area contributed by atoms with Crippen molar-refractivity contribution in [3.63, 3.8) is 0 Å². The summed E-state index contributed by atoms with van der Waals surface area (Å²) in [5.41, 5.74) is 5.44. The first kappa shape index (κ1) is 18.4. The van der Waals surface area contributed by atoms with Gasteiger partial charge in [0.05, 0.1) is 0 Å². The van der Waals surface area contributed by atoms with Crippen LogP contribution in [0.4, 0.5) is 0 Å². The van der Waals surface area contributed by atoms with E-state index < -0.39 is 12.2 Å². The second-order valence-electron chi connectivity index (χ2n) is 5.13. The van der Waals surface area contributed by atoms with Crippen molar-refractivity contribution in [1.82, 2.24) is 0 Å². The summed E-state index contributed by atoms with van der Waals surface area (Å²) in [6, 6.07) is 0. The van der Waals surface area contributed by atoms with E-state index in [1.165, 1.54) is 32.1 Å². The molecule has 0 saturated heterocycles. The first-order valence-corrected chi connectivity index (χ1v) is 7.78. The largest absolute Gasteiger partial charge is 0.380 e. The van der Waals surface area contributed by atoms with E-state index in [4.69, 9.17) is 5.73 Å². The number of hydrogen-bond acceptors (Lipinski definition) is 3. The maximum atomic E-state index is 9.60. The molecule has 0 aliphatic rings. The van der Waals surface area contributed by atoms with Gasteiger partial charge >= 0.3 is 0 Å².